The first-order valence-electron chi connectivity index (χ1n) is 11.1. The van der Waals surface area contributed by atoms with E-state index in [4.69, 9.17) is 9.39 Å². The van der Waals surface area contributed by atoms with Gasteiger partial charge in [-0.1, -0.05) is 71.1 Å². The van der Waals surface area contributed by atoms with E-state index >= 15 is 0 Å². The average molecular weight is 427 g/mol. The lowest BCUT2D eigenvalue weighted by Gasteiger charge is -2.34. The van der Waals surface area contributed by atoms with Gasteiger partial charge in [0.1, 0.15) is 26.2 Å². The van der Waals surface area contributed by atoms with Gasteiger partial charge in [0, 0.05) is 0 Å². The minimum atomic E-state index is -2.30. The maximum atomic E-state index is 10.5. The fraction of sp³-hybridized carbons (Fsp3) is 1.00. The van der Waals surface area contributed by atoms with Gasteiger partial charge >= 0.3 is 11.4 Å². The Kier molecular flexibility index (Phi) is 20.1. The third kappa shape index (κ3) is 16.8. The van der Waals surface area contributed by atoms with E-state index in [0.717, 1.165) is 12.8 Å². The van der Waals surface area contributed by atoms with Crippen molar-refractivity contribution in [2.75, 3.05) is 46.1 Å². The van der Waals surface area contributed by atoms with Gasteiger partial charge in [-0.25, -0.2) is 4.84 Å². The molecule has 0 heterocycles. The van der Waals surface area contributed by atoms with E-state index in [9.17, 15) is 14.4 Å². The highest BCUT2D eigenvalue weighted by Gasteiger charge is 2.28. The molecule has 0 aliphatic carbocycles. The lowest BCUT2D eigenvalue weighted by Crippen LogP contribution is -2.52. The molecule has 8 heteroatoms. The molecule has 0 spiro atoms. The second-order valence-electron chi connectivity index (χ2n) is 7.44. The molecule has 7 nitrogen and oxygen atoms in total. The van der Waals surface area contributed by atoms with E-state index in [-0.39, 0.29) is 31.1 Å². The number of unbranched alkanes of at least 4 members (excludes halogenated alkanes) is 11. The van der Waals surface area contributed by atoms with Crippen LogP contribution in [0, 0.1) is 0 Å². The van der Waals surface area contributed by atoms with Crippen LogP contribution in [0.4, 0.5) is 0 Å². The minimum absolute atomic E-state index is 0.00157. The second kappa shape index (κ2) is 20.2. The predicted octanol–water partition coefficient (Wildman–Crippen LogP) is 3.57. The fourth-order valence-corrected chi connectivity index (χ4v) is 3.68. The molecule has 1 atom stereocenters. The second-order valence-corrected chi connectivity index (χ2v) is 8.11. The standard InChI is InChI=1S/C20H43NO6S/c1-2-3-4-5-6-7-8-9-10-11-12-13-14-21(15-17-22,16-18-23)26-19-20-27-28(24)25/h22-23H,2-20H2,1H3/p+1. The Labute approximate surface area is 174 Å². The van der Waals surface area contributed by atoms with Crippen LogP contribution in [0.25, 0.3) is 0 Å². The van der Waals surface area contributed by atoms with E-state index in [1.165, 1.54) is 64.2 Å². The minimum Gasteiger partial charge on any atom is -0.390 e. The molecule has 0 aliphatic rings. The van der Waals surface area contributed by atoms with Crippen LogP contribution < -0.4 is 0 Å². The maximum absolute atomic E-state index is 10.5. The van der Waals surface area contributed by atoms with Crippen LogP contribution in [0.5, 0.6) is 0 Å². The van der Waals surface area contributed by atoms with E-state index in [0.29, 0.717) is 19.6 Å². The van der Waals surface area contributed by atoms with Crippen LogP contribution in [0.15, 0.2) is 0 Å². The summed E-state index contributed by atoms with van der Waals surface area (Å²) in [6.07, 6.45) is 15.3. The first-order valence-corrected chi connectivity index (χ1v) is 12.1. The van der Waals surface area contributed by atoms with Crippen LogP contribution in [0.1, 0.15) is 84.0 Å². The van der Waals surface area contributed by atoms with Gasteiger partial charge in [0.2, 0.25) is 0 Å². The topological polar surface area (TPSA) is 96.2 Å². The SMILES string of the molecule is CCCCCCCCCCCCCC[N+](CCO)(CCO)OCCOS(=O)O. The number of nitrogens with zero attached hydrogens (tertiary/aromatic N) is 1. The predicted molar refractivity (Wildman–Crippen MR) is 113 cm³/mol. The van der Waals surface area contributed by atoms with Gasteiger partial charge in [-0.05, 0) is 12.8 Å². The first-order chi connectivity index (χ1) is 13.6. The molecule has 0 bridgehead atoms. The van der Waals surface area contributed by atoms with Gasteiger partial charge < -0.3 is 10.2 Å². The molecule has 0 aromatic rings. The van der Waals surface area contributed by atoms with Crippen LogP contribution in [-0.2, 0) is 20.4 Å². The van der Waals surface area contributed by atoms with Crippen molar-refractivity contribution >= 4 is 11.4 Å². The summed E-state index contributed by atoms with van der Waals surface area (Å²) in [6.45, 7) is 3.80. The summed E-state index contributed by atoms with van der Waals surface area (Å²) in [4.78, 5) is 5.81. The highest BCUT2D eigenvalue weighted by Crippen LogP contribution is 2.15. The normalized spacial score (nSPS) is 13.1. The zero-order chi connectivity index (χ0) is 20.9. The Morgan fingerprint density at radius 3 is 1.61 bits per heavy atom. The lowest BCUT2D eigenvalue weighted by atomic mass is 10.1. The van der Waals surface area contributed by atoms with Crippen molar-refractivity contribution in [3.8, 4) is 0 Å². The zero-order valence-electron chi connectivity index (χ0n) is 17.9. The van der Waals surface area contributed by atoms with Gasteiger partial charge in [0.15, 0.2) is 0 Å². The first kappa shape index (κ1) is 27.9. The van der Waals surface area contributed by atoms with Crippen LogP contribution in [0.2, 0.25) is 0 Å². The lowest BCUT2D eigenvalue weighted by molar-refractivity contribution is -1.11. The van der Waals surface area contributed by atoms with Gasteiger partial charge in [0.25, 0.3) is 0 Å². The van der Waals surface area contributed by atoms with Gasteiger partial charge in [-0.15, -0.1) is 0 Å². The van der Waals surface area contributed by atoms with Crippen LogP contribution in [0.3, 0.4) is 0 Å². The molecule has 170 valence electrons. The fourth-order valence-electron chi connectivity index (χ4n) is 3.47. The van der Waals surface area contributed by atoms with Crippen molar-refractivity contribution in [2.45, 2.75) is 84.0 Å². The summed E-state index contributed by atoms with van der Waals surface area (Å²) in [5, 5.41) is 18.7. The summed E-state index contributed by atoms with van der Waals surface area (Å²) in [6, 6.07) is 0. The number of hydrogen-bond donors (Lipinski definition) is 3. The van der Waals surface area contributed by atoms with Gasteiger partial charge in [0.05, 0.1) is 19.8 Å². The Balaban J connectivity index is 3.89. The Hall–Kier alpha value is -0.0900. The number of aliphatic hydroxyl groups excluding tert-OH is 2. The number of aliphatic hydroxyl groups is 2. The molecular weight excluding hydrogens is 382 g/mol. The summed E-state index contributed by atoms with van der Waals surface area (Å²) in [5.41, 5.74) is 0. The van der Waals surface area contributed by atoms with E-state index in [2.05, 4.69) is 11.1 Å². The smallest absolute Gasteiger partial charge is 0.301 e. The molecule has 0 saturated heterocycles. The molecular formula is C20H44NO6S+. The highest BCUT2D eigenvalue weighted by molar-refractivity contribution is 7.74. The van der Waals surface area contributed by atoms with E-state index in [1.54, 1.807) is 0 Å². The van der Waals surface area contributed by atoms with Gasteiger partial charge in [-0.3, -0.25) is 8.74 Å². The van der Waals surface area contributed by atoms with Crippen molar-refractivity contribution in [1.29, 1.82) is 0 Å². The number of rotatable bonds is 22. The molecule has 0 amide bonds. The summed E-state index contributed by atoms with van der Waals surface area (Å²) in [7, 11) is 0. The van der Waals surface area contributed by atoms with Gasteiger partial charge in [-0.2, -0.15) is 8.86 Å². The monoisotopic (exact) mass is 426 g/mol. The Morgan fingerprint density at radius 2 is 1.18 bits per heavy atom. The number of hydrogen-bond acceptors (Lipinski definition) is 5. The Morgan fingerprint density at radius 1 is 0.714 bits per heavy atom. The molecule has 0 fully saturated rings. The summed E-state index contributed by atoms with van der Waals surface area (Å²) in [5.74, 6) is 0. The molecule has 0 saturated carbocycles. The largest absolute Gasteiger partial charge is 0.390 e. The average Bonchev–Trinajstić information content (AvgIpc) is 2.66. The molecule has 0 aromatic carbocycles. The molecule has 1 unspecified atom stereocenters. The maximum Gasteiger partial charge on any atom is 0.301 e. The molecule has 0 rings (SSSR count). The molecule has 0 aromatic heterocycles. The Bertz CT molecular complexity index is 354. The molecule has 28 heavy (non-hydrogen) atoms. The van der Waals surface area contributed by atoms with Crippen molar-refractivity contribution in [3.05, 3.63) is 0 Å². The quantitative estimate of drug-likeness (QED) is 0.106. The number of quaternary nitrogens is 1. The molecule has 0 aliphatic heterocycles. The zero-order valence-corrected chi connectivity index (χ0v) is 18.7. The highest BCUT2D eigenvalue weighted by atomic mass is 32.2. The van der Waals surface area contributed by atoms with Crippen LogP contribution in [-0.4, -0.2) is 69.7 Å². The van der Waals surface area contributed by atoms with Crippen molar-refractivity contribution in [1.82, 2.24) is 0 Å². The van der Waals surface area contributed by atoms with Crippen molar-refractivity contribution in [3.63, 3.8) is 0 Å². The van der Waals surface area contributed by atoms with E-state index < -0.39 is 11.4 Å². The van der Waals surface area contributed by atoms with Crippen molar-refractivity contribution < 1.29 is 32.6 Å². The summed E-state index contributed by atoms with van der Waals surface area (Å²) < 4.78 is 23.9. The number of hydroxylamine groups is 3. The third-order valence-electron chi connectivity index (χ3n) is 5.07. The van der Waals surface area contributed by atoms with Crippen LogP contribution >= 0.6 is 0 Å². The molecule has 0 radical (unpaired) electrons. The summed E-state index contributed by atoms with van der Waals surface area (Å²) >= 11 is -2.30. The molecule has 3 N–H and O–H groups in total. The van der Waals surface area contributed by atoms with E-state index in [1.807, 2.05) is 0 Å². The van der Waals surface area contributed by atoms with Crippen molar-refractivity contribution in [2.24, 2.45) is 0 Å². The third-order valence-corrected chi connectivity index (χ3v) is 5.44.